The van der Waals surface area contributed by atoms with Crippen LogP contribution >= 0.6 is 9.39 Å². The molecule has 5 heteroatoms. The Bertz CT molecular complexity index is 152. The second-order valence-electron chi connectivity index (χ2n) is 2.44. The first kappa shape index (κ1) is 7.92. The molecular formula is C5H10NO3P. The molecule has 1 fully saturated rings. The third-order valence-corrected chi connectivity index (χ3v) is 2.17. The molecular weight excluding hydrogens is 153 g/mol. The lowest BCUT2D eigenvalue weighted by Gasteiger charge is -2.12. The van der Waals surface area contributed by atoms with E-state index in [0.29, 0.717) is 13.0 Å². The molecule has 0 aromatic rings. The number of nitrogens with zero attached hydrogens (tertiary/aromatic N) is 1. The maximum absolute atomic E-state index is 10.4. The van der Waals surface area contributed by atoms with E-state index < -0.39 is 18.1 Å². The lowest BCUT2D eigenvalue weighted by Crippen LogP contribution is -2.28. The number of hydrogen-bond acceptors (Lipinski definition) is 3. The number of aliphatic hydroxyl groups excluding tert-OH is 1. The molecule has 10 heavy (non-hydrogen) atoms. The highest BCUT2D eigenvalue weighted by Gasteiger charge is 2.33. The van der Waals surface area contributed by atoms with Gasteiger partial charge in [0.2, 0.25) is 0 Å². The number of aliphatic hydroxyl groups is 1. The van der Waals surface area contributed by atoms with Gasteiger partial charge in [-0.1, -0.05) is 9.39 Å². The van der Waals surface area contributed by atoms with Crippen LogP contribution in [0.5, 0.6) is 0 Å². The summed E-state index contributed by atoms with van der Waals surface area (Å²) in [6.07, 6.45) is -0.155. The Morgan fingerprint density at radius 1 is 1.70 bits per heavy atom. The molecule has 0 aromatic heterocycles. The maximum Gasteiger partial charge on any atom is 0.321 e. The number of hydrogen-bond donors (Lipinski definition) is 2. The lowest BCUT2D eigenvalue weighted by atomic mass is 10.2. The van der Waals surface area contributed by atoms with Gasteiger partial charge in [0, 0.05) is 13.0 Å². The molecule has 0 aromatic carbocycles. The summed E-state index contributed by atoms with van der Waals surface area (Å²) in [5.41, 5.74) is 0. The Kier molecular flexibility index (Phi) is 2.24. The van der Waals surface area contributed by atoms with Crippen molar-refractivity contribution in [2.45, 2.75) is 18.6 Å². The van der Waals surface area contributed by atoms with Gasteiger partial charge in [-0.3, -0.25) is 9.46 Å². The summed E-state index contributed by atoms with van der Waals surface area (Å²) in [6, 6.07) is -0.528. The molecule has 0 radical (unpaired) electrons. The van der Waals surface area contributed by atoms with E-state index in [2.05, 4.69) is 9.39 Å². The van der Waals surface area contributed by atoms with Gasteiger partial charge in [-0.25, -0.2) is 0 Å². The molecule has 1 aliphatic rings. The van der Waals surface area contributed by atoms with E-state index in [1.165, 1.54) is 0 Å². The van der Waals surface area contributed by atoms with E-state index in [1.54, 1.807) is 4.67 Å². The molecule has 0 amide bonds. The van der Waals surface area contributed by atoms with Crippen molar-refractivity contribution in [2.24, 2.45) is 0 Å². The van der Waals surface area contributed by atoms with Gasteiger partial charge in [0.15, 0.2) is 0 Å². The van der Waals surface area contributed by atoms with Crippen molar-refractivity contribution in [3.63, 3.8) is 0 Å². The number of carbonyl (C=O) groups is 1. The van der Waals surface area contributed by atoms with Crippen LogP contribution in [0.1, 0.15) is 6.42 Å². The molecule has 0 aliphatic carbocycles. The number of aliphatic carboxylic acids is 1. The average molecular weight is 163 g/mol. The first-order chi connectivity index (χ1) is 4.61. The largest absolute Gasteiger partial charge is 0.480 e. The Morgan fingerprint density at radius 3 is 2.50 bits per heavy atom. The number of carboxylic acids is 1. The summed E-state index contributed by atoms with van der Waals surface area (Å²) in [7, 11) is 2.30. The second kappa shape index (κ2) is 2.82. The highest BCUT2D eigenvalue weighted by molar-refractivity contribution is 7.13. The Balaban J connectivity index is 2.54. The van der Waals surface area contributed by atoms with Crippen LogP contribution < -0.4 is 0 Å². The Morgan fingerprint density at radius 2 is 2.30 bits per heavy atom. The fourth-order valence-electron chi connectivity index (χ4n) is 1.08. The minimum Gasteiger partial charge on any atom is -0.480 e. The fraction of sp³-hybridized carbons (Fsp3) is 0.800. The zero-order valence-electron chi connectivity index (χ0n) is 5.40. The summed E-state index contributed by atoms with van der Waals surface area (Å²) in [4.78, 5) is 10.4. The molecule has 1 heterocycles. The van der Waals surface area contributed by atoms with E-state index in [0.717, 1.165) is 0 Å². The van der Waals surface area contributed by atoms with Crippen molar-refractivity contribution in [3.05, 3.63) is 0 Å². The van der Waals surface area contributed by atoms with Gasteiger partial charge in [-0.2, -0.15) is 0 Å². The average Bonchev–Trinajstić information content (AvgIpc) is 2.10. The topological polar surface area (TPSA) is 60.8 Å². The van der Waals surface area contributed by atoms with E-state index in [4.69, 9.17) is 10.2 Å². The molecule has 0 saturated carbocycles. The number of β-amino-alcohol motifs (C(OH)–C–C–N with tert-alkyl or cyclic N) is 1. The zero-order valence-corrected chi connectivity index (χ0v) is 6.55. The van der Waals surface area contributed by atoms with Crippen LogP contribution in [-0.4, -0.2) is 39.5 Å². The van der Waals surface area contributed by atoms with Gasteiger partial charge in [-0.05, 0) is 0 Å². The van der Waals surface area contributed by atoms with Crippen molar-refractivity contribution < 1.29 is 15.0 Å². The third-order valence-electron chi connectivity index (χ3n) is 1.60. The summed E-state index contributed by atoms with van der Waals surface area (Å²) in [6.45, 7) is 0.432. The van der Waals surface area contributed by atoms with Crippen LogP contribution in [0.4, 0.5) is 0 Å². The van der Waals surface area contributed by atoms with E-state index in [9.17, 15) is 4.79 Å². The summed E-state index contributed by atoms with van der Waals surface area (Å²) in [5, 5.41) is 17.5. The SMILES string of the molecule is O=C(O)[C@@H]1C[C@@H](O)CN1P. The smallest absolute Gasteiger partial charge is 0.321 e. The fourth-order valence-corrected chi connectivity index (χ4v) is 1.57. The van der Waals surface area contributed by atoms with Gasteiger partial charge in [0.05, 0.1) is 6.10 Å². The molecule has 1 saturated heterocycles. The molecule has 2 N–H and O–H groups in total. The Hall–Kier alpha value is -0.180. The second-order valence-corrected chi connectivity index (χ2v) is 3.10. The van der Waals surface area contributed by atoms with Crippen LogP contribution in [0.25, 0.3) is 0 Å². The van der Waals surface area contributed by atoms with E-state index >= 15 is 0 Å². The molecule has 0 bridgehead atoms. The minimum atomic E-state index is -0.869. The van der Waals surface area contributed by atoms with E-state index in [1.807, 2.05) is 0 Å². The Labute approximate surface area is 61.1 Å². The molecule has 1 aliphatic heterocycles. The highest BCUT2D eigenvalue weighted by atomic mass is 31.0. The monoisotopic (exact) mass is 163 g/mol. The van der Waals surface area contributed by atoms with Crippen LogP contribution in [-0.2, 0) is 4.79 Å². The molecule has 3 atom stereocenters. The van der Waals surface area contributed by atoms with Gasteiger partial charge < -0.3 is 10.2 Å². The van der Waals surface area contributed by atoms with Crippen LogP contribution in [0, 0.1) is 0 Å². The zero-order chi connectivity index (χ0) is 7.72. The molecule has 0 spiro atoms. The first-order valence-electron chi connectivity index (χ1n) is 3.03. The predicted molar refractivity (Wildman–Crippen MR) is 38.5 cm³/mol. The third kappa shape index (κ3) is 1.45. The quantitative estimate of drug-likeness (QED) is 0.501. The maximum atomic E-state index is 10.4. The van der Waals surface area contributed by atoms with Crippen molar-refractivity contribution in [3.8, 4) is 0 Å². The standard InChI is InChI=1S/C5H10NO3P/c7-3-1-4(5(8)9)6(10)2-3/h3-4,7H,1-2,10H2,(H,8,9)/t3-,4+/m1/s1. The van der Waals surface area contributed by atoms with Gasteiger partial charge in [0.1, 0.15) is 6.04 Å². The van der Waals surface area contributed by atoms with Crippen LogP contribution in [0.15, 0.2) is 0 Å². The molecule has 1 unspecified atom stereocenters. The first-order valence-corrected chi connectivity index (χ1v) is 3.55. The van der Waals surface area contributed by atoms with Crippen molar-refractivity contribution in [2.75, 3.05) is 6.54 Å². The summed E-state index contributed by atoms with van der Waals surface area (Å²) in [5.74, 6) is -0.869. The van der Waals surface area contributed by atoms with Crippen LogP contribution in [0.3, 0.4) is 0 Å². The normalized spacial score (nSPS) is 34.6. The molecule has 1 rings (SSSR count). The van der Waals surface area contributed by atoms with Gasteiger partial charge in [-0.15, -0.1) is 0 Å². The van der Waals surface area contributed by atoms with Gasteiger partial charge >= 0.3 is 5.97 Å². The summed E-state index contributed by atoms with van der Waals surface area (Å²) >= 11 is 0. The van der Waals surface area contributed by atoms with E-state index in [-0.39, 0.29) is 0 Å². The number of carboxylic acid groups (broad SMARTS) is 1. The van der Waals surface area contributed by atoms with Crippen molar-refractivity contribution in [1.82, 2.24) is 4.67 Å². The number of rotatable bonds is 1. The van der Waals surface area contributed by atoms with Crippen LogP contribution in [0.2, 0.25) is 0 Å². The molecule has 58 valence electrons. The predicted octanol–water partition coefficient (Wildman–Crippen LogP) is -0.704. The summed E-state index contributed by atoms with van der Waals surface area (Å²) < 4.78 is 1.56. The highest BCUT2D eigenvalue weighted by Crippen LogP contribution is 2.21. The van der Waals surface area contributed by atoms with Gasteiger partial charge in [0.25, 0.3) is 0 Å². The molecule has 4 nitrogen and oxygen atoms in total. The minimum absolute atomic E-state index is 0.332. The van der Waals surface area contributed by atoms with Crippen molar-refractivity contribution in [1.29, 1.82) is 0 Å². The lowest BCUT2D eigenvalue weighted by molar-refractivity contribution is -0.140. The van der Waals surface area contributed by atoms with Crippen molar-refractivity contribution >= 4 is 15.4 Å².